The summed E-state index contributed by atoms with van der Waals surface area (Å²) in [5.74, 6) is -8.10. The van der Waals surface area contributed by atoms with Crippen LogP contribution < -0.4 is 5.32 Å². The number of amides is 2. The van der Waals surface area contributed by atoms with Crippen molar-refractivity contribution in [1.82, 2.24) is 9.80 Å². The fraction of sp³-hybridized carbons (Fsp3) is 0.360. The predicted molar refractivity (Wildman–Crippen MR) is 122 cm³/mol. The Morgan fingerprint density at radius 2 is 1.72 bits per heavy atom. The fourth-order valence-corrected chi connectivity index (χ4v) is 4.44. The number of carbonyl (C=O) groups excluding carboxylic acids is 2. The zero-order chi connectivity index (χ0) is 26.2. The molecule has 2 heterocycles. The highest BCUT2D eigenvalue weighted by Crippen LogP contribution is 2.36. The summed E-state index contributed by atoms with van der Waals surface area (Å²) in [6, 6.07) is 4.78. The lowest BCUT2D eigenvalue weighted by molar-refractivity contribution is -0.181. The number of hydrogen-bond acceptors (Lipinski definition) is 5. The van der Waals surface area contributed by atoms with Crippen LogP contribution in [-0.4, -0.2) is 67.1 Å². The Balaban J connectivity index is 1.58. The minimum absolute atomic E-state index is 0.0217. The lowest BCUT2D eigenvalue weighted by Crippen LogP contribution is -2.67. The van der Waals surface area contributed by atoms with Gasteiger partial charge in [0.25, 0.3) is 11.8 Å². The topological polar surface area (TPSA) is 71.1 Å². The van der Waals surface area contributed by atoms with E-state index in [9.17, 15) is 18.4 Å². The van der Waals surface area contributed by atoms with Crippen LogP contribution in [-0.2, 0) is 20.2 Å². The third-order valence-corrected chi connectivity index (χ3v) is 6.34. The molecule has 2 aliphatic heterocycles. The predicted octanol–water partition coefficient (Wildman–Crippen LogP) is 3.65. The standard InChI is InChI=1S/C25H25F4N3O4/c1-14-8-17(5-7-21(14)26)30-23(33)16-4-6-22(27)20(9-16)25(28,29)24(34)32-18-10-31(15(2)35-3)11-19(32)13-36-12-18/h4-9,18-19H,2,10-13H2,1,3H3,(H,30,33). The third kappa shape index (κ3) is 4.75. The highest BCUT2D eigenvalue weighted by atomic mass is 19.3. The summed E-state index contributed by atoms with van der Waals surface area (Å²) in [7, 11) is 1.43. The molecule has 11 heteroatoms. The van der Waals surface area contributed by atoms with Gasteiger partial charge in [-0.1, -0.05) is 0 Å². The average Bonchev–Trinajstić information content (AvgIpc) is 2.84. The number of halogens is 4. The van der Waals surface area contributed by atoms with Crippen molar-refractivity contribution in [2.45, 2.75) is 24.9 Å². The van der Waals surface area contributed by atoms with Crippen molar-refractivity contribution in [3.63, 3.8) is 0 Å². The second-order valence-electron chi connectivity index (χ2n) is 8.75. The van der Waals surface area contributed by atoms with E-state index in [1.807, 2.05) is 0 Å². The van der Waals surface area contributed by atoms with Crippen molar-refractivity contribution in [1.29, 1.82) is 0 Å². The number of anilines is 1. The first kappa shape index (κ1) is 25.5. The molecule has 36 heavy (non-hydrogen) atoms. The van der Waals surface area contributed by atoms with E-state index in [2.05, 4.69) is 11.9 Å². The molecule has 4 rings (SSSR count). The number of carbonyl (C=O) groups is 2. The molecule has 2 aromatic rings. The summed E-state index contributed by atoms with van der Waals surface area (Å²) in [4.78, 5) is 28.5. The van der Waals surface area contributed by atoms with Crippen LogP contribution >= 0.6 is 0 Å². The zero-order valence-electron chi connectivity index (χ0n) is 19.7. The first-order valence-corrected chi connectivity index (χ1v) is 11.2. The molecule has 0 aromatic heterocycles. The number of nitrogens with zero attached hydrogens (tertiary/aromatic N) is 2. The lowest BCUT2D eigenvalue weighted by atomic mass is 9.98. The molecule has 1 N–H and O–H groups in total. The van der Waals surface area contributed by atoms with Gasteiger partial charge in [-0.15, -0.1) is 0 Å². The summed E-state index contributed by atoms with van der Waals surface area (Å²) >= 11 is 0. The van der Waals surface area contributed by atoms with Crippen LogP contribution in [0.1, 0.15) is 21.5 Å². The molecule has 192 valence electrons. The summed E-state index contributed by atoms with van der Waals surface area (Å²) in [5, 5.41) is 2.46. The largest absolute Gasteiger partial charge is 0.483 e. The molecular weight excluding hydrogens is 482 g/mol. The normalized spacial score (nSPS) is 19.6. The zero-order valence-corrected chi connectivity index (χ0v) is 19.7. The molecule has 2 fully saturated rings. The Hall–Kier alpha value is -3.60. The maximum atomic E-state index is 15.5. The number of piperazine rings is 1. The van der Waals surface area contributed by atoms with Gasteiger partial charge in [0.2, 0.25) is 0 Å². The van der Waals surface area contributed by atoms with Crippen molar-refractivity contribution in [2.75, 3.05) is 38.7 Å². The van der Waals surface area contributed by atoms with Gasteiger partial charge in [-0.05, 0) is 55.5 Å². The number of benzene rings is 2. The molecule has 2 aromatic carbocycles. The smallest absolute Gasteiger partial charge is 0.352 e. The van der Waals surface area contributed by atoms with Crippen molar-refractivity contribution >= 4 is 17.5 Å². The number of fused-ring (bicyclic) bond motifs is 2. The van der Waals surface area contributed by atoms with Gasteiger partial charge in [-0.2, -0.15) is 8.78 Å². The second-order valence-corrected chi connectivity index (χ2v) is 8.75. The van der Waals surface area contributed by atoms with Crippen LogP contribution in [0.2, 0.25) is 0 Å². The number of rotatable bonds is 6. The molecule has 2 bridgehead atoms. The Labute approximate surface area is 205 Å². The molecule has 2 saturated heterocycles. The summed E-state index contributed by atoms with van der Waals surface area (Å²) in [6.45, 7) is 5.63. The van der Waals surface area contributed by atoms with E-state index in [-0.39, 0.29) is 43.1 Å². The van der Waals surface area contributed by atoms with Crippen LogP contribution in [0.25, 0.3) is 0 Å². The first-order chi connectivity index (χ1) is 17.0. The molecule has 2 amide bonds. The highest BCUT2D eigenvalue weighted by molar-refractivity contribution is 6.04. The maximum Gasteiger partial charge on any atom is 0.352 e. The Morgan fingerprint density at radius 1 is 1.08 bits per heavy atom. The van der Waals surface area contributed by atoms with Crippen molar-refractivity contribution in [3.8, 4) is 0 Å². The Morgan fingerprint density at radius 3 is 2.33 bits per heavy atom. The van der Waals surface area contributed by atoms with E-state index in [1.54, 1.807) is 4.90 Å². The van der Waals surface area contributed by atoms with Crippen LogP contribution in [0.3, 0.4) is 0 Å². The van der Waals surface area contributed by atoms with Gasteiger partial charge >= 0.3 is 5.92 Å². The van der Waals surface area contributed by atoms with E-state index in [0.717, 1.165) is 17.0 Å². The number of hydrogen-bond donors (Lipinski definition) is 1. The van der Waals surface area contributed by atoms with Crippen LogP contribution in [0.5, 0.6) is 0 Å². The quantitative estimate of drug-likeness (QED) is 0.478. The molecule has 0 aliphatic carbocycles. The van der Waals surface area contributed by atoms with E-state index >= 15 is 8.78 Å². The number of nitrogens with one attached hydrogen (secondary N) is 1. The maximum absolute atomic E-state index is 15.5. The highest BCUT2D eigenvalue weighted by Gasteiger charge is 2.52. The van der Waals surface area contributed by atoms with E-state index in [1.165, 1.54) is 26.2 Å². The van der Waals surface area contributed by atoms with Gasteiger partial charge in [0, 0.05) is 24.3 Å². The van der Waals surface area contributed by atoms with Gasteiger partial charge in [0.15, 0.2) is 5.88 Å². The third-order valence-electron chi connectivity index (χ3n) is 6.34. The fourth-order valence-electron chi connectivity index (χ4n) is 4.44. The van der Waals surface area contributed by atoms with Gasteiger partial charge in [0.1, 0.15) is 11.6 Å². The molecule has 0 saturated carbocycles. The number of alkyl halides is 2. The summed E-state index contributed by atoms with van der Waals surface area (Å²) < 4.78 is 69.6. The average molecular weight is 507 g/mol. The Kier molecular flexibility index (Phi) is 6.94. The van der Waals surface area contributed by atoms with Crippen LogP contribution in [0.15, 0.2) is 48.9 Å². The van der Waals surface area contributed by atoms with Gasteiger partial charge in [-0.3, -0.25) is 9.59 Å². The van der Waals surface area contributed by atoms with Gasteiger partial charge in [0.05, 0.1) is 38.0 Å². The Bertz CT molecular complexity index is 1190. The minimum Gasteiger partial charge on any atom is -0.483 e. The van der Waals surface area contributed by atoms with E-state index < -0.39 is 47.0 Å². The molecule has 0 spiro atoms. The molecule has 2 atom stereocenters. The molecular formula is C25H25F4N3O4. The van der Waals surface area contributed by atoms with Crippen molar-refractivity contribution in [2.24, 2.45) is 0 Å². The van der Waals surface area contributed by atoms with Crippen molar-refractivity contribution in [3.05, 3.63) is 77.2 Å². The summed E-state index contributed by atoms with van der Waals surface area (Å²) in [6.07, 6.45) is 0. The lowest BCUT2D eigenvalue weighted by Gasteiger charge is -2.50. The summed E-state index contributed by atoms with van der Waals surface area (Å²) in [5.41, 5.74) is -0.992. The van der Waals surface area contributed by atoms with Crippen molar-refractivity contribution < 1.29 is 36.6 Å². The molecule has 0 radical (unpaired) electrons. The van der Waals surface area contributed by atoms with Crippen LogP contribution in [0, 0.1) is 18.6 Å². The number of aryl methyl sites for hydroxylation is 1. The monoisotopic (exact) mass is 507 g/mol. The number of ether oxygens (including phenoxy) is 2. The minimum atomic E-state index is -4.25. The van der Waals surface area contributed by atoms with E-state index in [0.29, 0.717) is 18.0 Å². The van der Waals surface area contributed by atoms with Crippen LogP contribution in [0.4, 0.5) is 23.2 Å². The van der Waals surface area contributed by atoms with Gasteiger partial charge in [-0.25, -0.2) is 8.78 Å². The second kappa shape index (κ2) is 9.81. The first-order valence-electron chi connectivity index (χ1n) is 11.2. The molecule has 7 nitrogen and oxygen atoms in total. The van der Waals surface area contributed by atoms with E-state index in [4.69, 9.17) is 9.47 Å². The molecule has 2 unspecified atom stereocenters. The number of methoxy groups -OCH3 is 1. The SMILES string of the molecule is C=C(OC)N1CC2COCC(C1)N2C(=O)C(F)(F)c1cc(C(=O)Nc2ccc(F)c(C)c2)ccc1F. The number of morpholine rings is 1. The van der Waals surface area contributed by atoms with Gasteiger partial charge < -0.3 is 24.6 Å². The molecule has 2 aliphatic rings.